The zero-order valence-corrected chi connectivity index (χ0v) is 53.4. The fraction of sp³-hybridized carbons (Fsp3) is 0.597. The molecule has 1 atom stereocenters. The number of allylic oxidation sites excluding steroid dienone is 27. The van der Waals surface area contributed by atoms with Gasteiger partial charge in [0, 0.05) is 12.8 Å². The molecule has 6 heteroatoms. The van der Waals surface area contributed by atoms with Gasteiger partial charge in [0.1, 0.15) is 13.2 Å². The second-order valence-electron chi connectivity index (χ2n) is 21.6. The van der Waals surface area contributed by atoms with Crippen molar-refractivity contribution < 1.29 is 28.6 Å². The first kappa shape index (κ1) is 77.8. The minimum absolute atomic E-state index is 0.0875. The first-order valence-corrected chi connectivity index (χ1v) is 33.6. The number of carbonyl (C=O) groups is 3. The van der Waals surface area contributed by atoms with E-state index >= 15 is 0 Å². The third kappa shape index (κ3) is 67.4. The molecular formula is C77H122O6. The predicted molar refractivity (Wildman–Crippen MR) is 361 cm³/mol. The second kappa shape index (κ2) is 69.3. The number of ether oxygens (including phenoxy) is 3. The summed E-state index contributed by atoms with van der Waals surface area (Å²) in [5, 5.41) is 0. The lowest BCUT2D eigenvalue weighted by Gasteiger charge is -2.18. The van der Waals surface area contributed by atoms with Crippen LogP contribution in [0.5, 0.6) is 0 Å². The zero-order chi connectivity index (χ0) is 59.9. The summed E-state index contributed by atoms with van der Waals surface area (Å²) in [5.41, 5.74) is 0. The van der Waals surface area contributed by atoms with Gasteiger partial charge in [0.2, 0.25) is 0 Å². The number of esters is 3. The quantitative estimate of drug-likeness (QED) is 0.0261. The lowest BCUT2D eigenvalue weighted by Crippen LogP contribution is -2.30. The van der Waals surface area contributed by atoms with Crippen molar-refractivity contribution in [2.75, 3.05) is 13.2 Å². The number of carbonyl (C=O) groups excluding carboxylic acids is 3. The maximum absolute atomic E-state index is 12.8. The van der Waals surface area contributed by atoms with Crippen molar-refractivity contribution >= 4 is 17.9 Å². The van der Waals surface area contributed by atoms with E-state index in [1.165, 1.54) is 96.3 Å². The van der Waals surface area contributed by atoms with Crippen molar-refractivity contribution in [3.05, 3.63) is 170 Å². The lowest BCUT2D eigenvalue weighted by molar-refractivity contribution is -0.166. The molecule has 83 heavy (non-hydrogen) atoms. The van der Waals surface area contributed by atoms with Crippen LogP contribution in [-0.4, -0.2) is 37.2 Å². The fourth-order valence-electron chi connectivity index (χ4n) is 8.76. The minimum atomic E-state index is -0.847. The minimum Gasteiger partial charge on any atom is -0.462 e. The van der Waals surface area contributed by atoms with Crippen molar-refractivity contribution in [2.45, 2.75) is 284 Å². The lowest BCUT2D eigenvalue weighted by atomic mass is 10.0. The molecule has 0 amide bonds. The van der Waals surface area contributed by atoms with Gasteiger partial charge in [-0.3, -0.25) is 14.4 Å². The Bertz CT molecular complexity index is 1890. The van der Waals surface area contributed by atoms with Gasteiger partial charge in [0.25, 0.3) is 0 Å². The van der Waals surface area contributed by atoms with E-state index in [0.717, 1.165) is 135 Å². The smallest absolute Gasteiger partial charge is 0.310 e. The van der Waals surface area contributed by atoms with E-state index in [0.29, 0.717) is 19.3 Å². The normalized spacial score (nSPS) is 13.2. The Labute approximate surface area is 511 Å². The topological polar surface area (TPSA) is 78.9 Å². The van der Waals surface area contributed by atoms with Gasteiger partial charge in [0.05, 0.1) is 6.42 Å². The van der Waals surface area contributed by atoms with Crippen LogP contribution in [0.2, 0.25) is 0 Å². The van der Waals surface area contributed by atoms with E-state index in [4.69, 9.17) is 14.2 Å². The number of hydrogen-bond acceptors (Lipinski definition) is 6. The Morgan fingerprint density at radius 2 is 0.506 bits per heavy atom. The molecule has 0 radical (unpaired) electrons. The molecule has 1 unspecified atom stereocenters. The average molecular weight is 1140 g/mol. The van der Waals surface area contributed by atoms with Crippen molar-refractivity contribution in [3.63, 3.8) is 0 Å². The number of unbranched alkanes of at least 4 members (excludes halogenated alkanes) is 21. The Hall–Kier alpha value is -5.23. The molecule has 466 valence electrons. The summed E-state index contributed by atoms with van der Waals surface area (Å²) in [6.45, 7) is 6.29. The molecule has 0 N–H and O–H groups in total. The van der Waals surface area contributed by atoms with E-state index in [1.807, 2.05) is 6.08 Å². The van der Waals surface area contributed by atoms with Crippen LogP contribution in [0.1, 0.15) is 278 Å². The highest BCUT2D eigenvalue weighted by Crippen LogP contribution is 2.15. The Kier molecular flexibility index (Phi) is 64.9. The Balaban J connectivity index is 4.29. The van der Waals surface area contributed by atoms with Gasteiger partial charge in [-0.05, 0) is 135 Å². The van der Waals surface area contributed by atoms with Crippen LogP contribution < -0.4 is 0 Å². The SMILES string of the molecule is CC/C=C\C/C=C\C/C=C\C/C=C\C/C=C\C/C=C\C/C=C\CCCCCCCCCCCCCCCC(=O)OCC(COC(=O)CCCCCCC/C=C\C/C=C\CCCCC)OC(=O)C/C=C\C/C=C\C/C=C\C/C=C\C/C=C\CC. The molecule has 0 heterocycles. The highest BCUT2D eigenvalue weighted by Gasteiger charge is 2.19. The molecule has 0 saturated carbocycles. The van der Waals surface area contributed by atoms with Gasteiger partial charge >= 0.3 is 17.9 Å². The average Bonchev–Trinajstić information content (AvgIpc) is 3.49. The van der Waals surface area contributed by atoms with Crippen LogP contribution in [0.15, 0.2) is 170 Å². The summed E-state index contributed by atoms with van der Waals surface area (Å²) >= 11 is 0. The van der Waals surface area contributed by atoms with Crippen LogP contribution >= 0.6 is 0 Å². The highest BCUT2D eigenvalue weighted by molar-refractivity contribution is 5.72. The molecule has 0 aromatic heterocycles. The molecular weight excluding hydrogens is 1020 g/mol. The summed E-state index contributed by atoms with van der Waals surface area (Å²) < 4.78 is 16.8. The highest BCUT2D eigenvalue weighted by atomic mass is 16.6. The standard InChI is InChI=1S/C77H122O6/c1-4-7-10-13-16-19-22-25-28-29-30-31-32-33-34-35-36-37-38-39-40-41-42-43-44-45-46-47-50-52-55-58-61-64-67-70-76(79)82-73-74(83-77(80)71-68-65-62-59-56-53-49-27-24-21-18-15-12-9-6-3)72-81-75(78)69-66-63-60-57-54-51-48-26-23-20-17-14-11-8-5-2/h7,9-10,12,16-21,25-28,30-31,33-34,36-37,39-40,48-49,56,59,65,68,74H,4-6,8,11,13-15,22-24,29,32,35,38,41-47,50-55,57-58,60-64,66-67,69-73H2,1-3H3/b10-7-,12-9-,19-16-,20-17-,21-18-,28-25-,31-30-,34-33-,37-36-,40-39-,48-26-,49-27-,59-56-,68-65-. The summed E-state index contributed by atoms with van der Waals surface area (Å²) in [6.07, 6.45) is 103. The van der Waals surface area contributed by atoms with E-state index in [1.54, 1.807) is 6.08 Å². The van der Waals surface area contributed by atoms with Crippen molar-refractivity contribution in [1.29, 1.82) is 0 Å². The third-order valence-electron chi connectivity index (χ3n) is 13.7. The van der Waals surface area contributed by atoms with E-state index in [2.05, 4.69) is 179 Å². The van der Waals surface area contributed by atoms with E-state index in [9.17, 15) is 14.4 Å². The summed E-state index contributed by atoms with van der Waals surface area (Å²) in [5.74, 6) is -1.08. The molecule has 0 saturated heterocycles. The molecule has 0 aliphatic rings. The predicted octanol–water partition coefficient (Wildman–Crippen LogP) is 23.4. The van der Waals surface area contributed by atoms with Crippen LogP contribution in [-0.2, 0) is 28.6 Å². The molecule has 0 bridgehead atoms. The number of rotatable bonds is 59. The zero-order valence-electron chi connectivity index (χ0n) is 53.4. The van der Waals surface area contributed by atoms with E-state index < -0.39 is 12.1 Å². The molecule has 0 fully saturated rings. The van der Waals surface area contributed by atoms with Gasteiger partial charge in [-0.2, -0.15) is 0 Å². The van der Waals surface area contributed by atoms with Crippen LogP contribution in [0.3, 0.4) is 0 Å². The van der Waals surface area contributed by atoms with Crippen LogP contribution in [0.25, 0.3) is 0 Å². The fourth-order valence-corrected chi connectivity index (χ4v) is 8.76. The van der Waals surface area contributed by atoms with Gasteiger partial charge in [-0.15, -0.1) is 0 Å². The first-order chi connectivity index (χ1) is 41.0. The van der Waals surface area contributed by atoms with Gasteiger partial charge in [-0.1, -0.05) is 294 Å². The van der Waals surface area contributed by atoms with Gasteiger partial charge < -0.3 is 14.2 Å². The largest absolute Gasteiger partial charge is 0.462 e. The molecule has 6 nitrogen and oxygen atoms in total. The molecule has 0 aliphatic carbocycles. The molecule has 0 aliphatic heterocycles. The molecule has 0 spiro atoms. The molecule has 0 aromatic carbocycles. The van der Waals surface area contributed by atoms with E-state index in [-0.39, 0.29) is 31.6 Å². The number of hydrogen-bond donors (Lipinski definition) is 0. The van der Waals surface area contributed by atoms with Crippen molar-refractivity contribution in [3.8, 4) is 0 Å². The molecule has 0 rings (SSSR count). The van der Waals surface area contributed by atoms with Gasteiger partial charge in [-0.25, -0.2) is 0 Å². The maximum atomic E-state index is 12.8. The van der Waals surface area contributed by atoms with Crippen molar-refractivity contribution in [2.24, 2.45) is 0 Å². The summed E-state index contributed by atoms with van der Waals surface area (Å²) in [6, 6.07) is 0. The third-order valence-corrected chi connectivity index (χ3v) is 13.7. The van der Waals surface area contributed by atoms with Crippen LogP contribution in [0, 0.1) is 0 Å². The Morgan fingerprint density at radius 1 is 0.265 bits per heavy atom. The molecule has 0 aromatic rings. The first-order valence-electron chi connectivity index (χ1n) is 33.6. The second-order valence-corrected chi connectivity index (χ2v) is 21.6. The van der Waals surface area contributed by atoms with Gasteiger partial charge in [0.15, 0.2) is 6.10 Å². The maximum Gasteiger partial charge on any atom is 0.310 e. The summed E-state index contributed by atoms with van der Waals surface area (Å²) in [7, 11) is 0. The Morgan fingerprint density at radius 3 is 0.795 bits per heavy atom. The van der Waals surface area contributed by atoms with Crippen molar-refractivity contribution in [1.82, 2.24) is 0 Å². The monoisotopic (exact) mass is 1140 g/mol. The van der Waals surface area contributed by atoms with Crippen LogP contribution in [0.4, 0.5) is 0 Å². The summed E-state index contributed by atoms with van der Waals surface area (Å²) in [4.78, 5) is 38.2.